The summed E-state index contributed by atoms with van der Waals surface area (Å²) in [6.07, 6.45) is 5.18. The summed E-state index contributed by atoms with van der Waals surface area (Å²) in [5.41, 5.74) is 2.58. The second-order valence-corrected chi connectivity index (χ2v) is 4.47. The lowest BCUT2D eigenvalue weighted by Gasteiger charge is -2.19. The smallest absolute Gasteiger partial charge is 0.339 e. The molecule has 2 aromatic rings. The number of carbonyl (C=O) groups excluding carboxylic acids is 1. The molecule has 1 aliphatic heterocycles. The molecule has 0 aliphatic carbocycles. The van der Waals surface area contributed by atoms with Gasteiger partial charge in [-0.05, 0) is 25.8 Å². The van der Waals surface area contributed by atoms with Gasteiger partial charge in [-0.15, -0.1) is 0 Å². The Balaban J connectivity index is 2.07. The molecule has 1 aliphatic rings. The number of aromatic nitrogens is 3. The van der Waals surface area contributed by atoms with Gasteiger partial charge < -0.3 is 14.0 Å². The Morgan fingerprint density at radius 1 is 1.45 bits per heavy atom. The Labute approximate surface area is 116 Å². The fourth-order valence-electron chi connectivity index (χ4n) is 2.43. The molecule has 3 rings (SSSR count). The maximum atomic E-state index is 11.9. The SMILES string of the molecule is CCOC(=O)c1ccn2c1CCc1cnc(OC)nc1-2. The van der Waals surface area contributed by atoms with Crippen molar-refractivity contribution in [3.8, 4) is 11.8 Å². The molecule has 20 heavy (non-hydrogen) atoms. The quantitative estimate of drug-likeness (QED) is 0.794. The average molecular weight is 273 g/mol. The topological polar surface area (TPSA) is 66.2 Å². The van der Waals surface area contributed by atoms with Crippen molar-refractivity contribution in [2.75, 3.05) is 13.7 Å². The molecule has 0 bridgehead atoms. The van der Waals surface area contributed by atoms with Crippen LogP contribution in [-0.4, -0.2) is 34.2 Å². The largest absolute Gasteiger partial charge is 0.467 e. The van der Waals surface area contributed by atoms with E-state index >= 15 is 0 Å². The van der Waals surface area contributed by atoms with E-state index < -0.39 is 0 Å². The third-order valence-electron chi connectivity index (χ3n) is 3.35. The van der Waals surface area contributed by atoms with Crippen LogP contribution in [0.4, 0.5) is 0 Å². The second-order valence-electron chi connectivity index (χ2n) is 4.47. The van der Waals surface area contributed by atoms with Gasteiger partial charge in [-0.3, -0.25) is 0 Å². The summed E-state index contributed by atoms with van der Waals surface area (Å²) in [5.74, 6) is 0.486. The highest BCUT2D eigenvalue weighted by molar-refractivity contribution is 5.91. The number of ether oxygens (including phenoxy) is 2. The van der Waals surface area contributed by atoms with Gasteiger partial charge in [0.15, 0.2) is 0 Å². The minimum Gasteiger partial charge on any atom is -0.467 e. The lowest BCUT2D eigenvalue weighted by atomic mass is 10.0. The van der Waals surface area contributed by atoms with Crippen LogP contribution >= 0.6 is 0 Å². The molecule has 104 valence electrons. The van der Waals surface area contributed by atoms with Crippen LogP contribution in [0.25, 0.3) is 5.82 Å². The van der Waals surface area contributed by atoms with Crippen LogP contribution in [0.1, 0.15) is 28.5 Å². The molecular weight excluding hydrogens is 258 g/mol. The van der Waals surface area contributed by atoms with Gasteiger partial charge in [0.05, 0.1) is 19.3 Å². The number of carbonyl (C=O) groups is 1. The number of hydrogen-bond acceptors (Lipinski definition) is 5. The molecule has 2 aromatic heterocycles. The van der Waals surface area contributed by atoms with Gasteiger partial charge in [-0.1, -0.05) is 0 Å². The third-order valence-corrected chi connectivity index (χ3v) is 3.35. The summed E-state index contributed by atoms with van der Waals surface area (Å²) >= 11 is 0. The first-order valence-electron chi connectivity index (χ1n) is 6.52. The van der Waals surface area contributed by atoms with Crippen LogP contribution in [0.5, 0.6) is 6.01 Å². The zero-order chi connectivity index (χ0) is 14.1. The van der Waals surface area contributed by atoms with Crippen molar-refractivity contribution in [1.82, 2.24) is 14.5 Å². The number of methoxy groups -OCH3 is 1. The molecule has 3 heterocycles. The van der Waals surface area contributed by atoms with E-state index in [9.17, 15) is 4.79 Å². The Kier molecular flexibility index (Phi) is 3.14. The van der Waals surface area contributed by atoms with Gasteiger partial charge in [0.1, 0.15) is 5.82 Å². The Hall–Kier alpha value is -2.37. The van der Waals surface area contributed by atoms with E-state index in [0.717, 1.165) is 29.9 Å². The van der Waals surface area contributed by atoms with Crippen LogP contribution in [0.15, 0.2) is 18.5 Å². The predicted molar refractivity (Wildman–Crippen MR) is 71.3 cm³/mol. The fraction of sp³-hybridized carbons (Fsp3) is 0.357. The van der Waals surface area contributed by atoms with Gasteiger partial charge in [0, 0.05) is 23.7 Å². The van der Waals surface area contributed by atoms with Crippen LogP contribution < -0.4 is 4.74 Å². The van der Waals surface area contributed by atoms with Crippen molar-refractivity contribution in [2.24, 2.45) is 0 Å². The predicted octanol–water partition coefficient (Wildman–Crippen LogP) is 1.55. The highest BCUT2D eigenvalue weighted by atomic mass is 16.5. The molecule has 0 radical (unpaired) electrons. The van der Waals surface area contributed by atoms with Gasteiger partial charge in [-0.2, -0.15) is 4.98 Å². The van der Waals surface area contributed by atoms with Crippen molar-refractivity contribution in [1.29, 1.82) is 0 Å². The molecule has 0 saturated carbocycles. The summed E-state index contributed by atoms with van der Waals surface area (Å²) in [5, 5.41) is 0. The number of fused-ring (bicyclic) bond motifs is 3. The zero-order valence-corrected chi connectivity index (χ0v) is 11.4. The Morgan fingerprint density at radius 2 is 2.30 bits per heavy atom. The van der Waals surface area contributed by atoms with E-state index in [1.807, 2.05) is 10.8 Å². The minimum atomic E-state index is -0.286. The molecule has 6 nitrogen and oxygen atoms in total. The van der Waals surface area contributed by atoms with Crippen LogP contribution in [0.2, 0.25) is 0 Å². The van der Waals surface area contributed by atoms with Crippen molar-refractivity contribution < 1.29 is 14.3 Å². The summed E-state index contributed by atoms with van der Waals surface area (Å²) in [6, 6.07) is 2.10. The van der Waals surface area contributed by atoms with E-state index in [1.165, 1.54) is 7.11 Å². The summed E-state index contributed by atoms with van der Waals surface area (Å²) in [6.45, 7) is 2.17. The van der Waals surface area contributed by atoms with Crippen molar-refractivity contribution >= 4 is 5.97 Å². The van der Waals surface area contributed by atoms with E-state index in [-0.39, 0.29) is 5.97 Å². The molecule has 0 saturated heterocycles. The summed E-state index contributed by atoms with van der Waals surface area (Å²) in [7, 11) is 1.53. The van der Waals surface area contributed by atoms with E-state index in [1.54, 1.807) is 19.2 Å². The van der Waals surface area contributed by atoms with Crippen LogP contribution in [-0.2, 0) is 17.6 Å². The standard InChI is InChI=1S/C14H15N3O3/c1-3-20-13(18)10-6-7-17-11(10)5-4-9-8-15-14(19-2)16-12(9)17/h6-8H,3-5H2,1-2H3. The van der Waals surface area contributed by atoms with Gasteiger partial charge in [0.25, 0.3) is 0 Å². The van der Waals surface area contributed by atoms with E-state index in [0.29, 0.717) is 18.2 Å². The third kappa shape index (κ3) is 1.93. The number of nitrogens with zero attached hydrogens (tertiary/aromatic N) is 3. The Bertz CT molecular complexity index is 664. The molecule has 6 heteroatoms. The molecule has 0 spiro atoms. The second kappa shape index (κ2) is 4.96. The molecular formula is C14H15N3O3. The summed E-state index contributed by atoms with van der Waals surface area (Å²) < 4.78 is 12.0. The molecule has 0 amide bonds. The van der Waals surface area contributed by atoms with E-state index in [2.05, 4.69) is 9.97 Å². The first kappa shape index (κ1) is 12.7. The number of esters is 1. The number of hydrogen-bond donors (Lipinski definition) is 0. The minimum absolute atomic E-state index is 0.286. The normalized spacial score (nSPS) is 12.5. The first-order valence-corrected chi connectivity index (χ1v) is 6.52. The molecule has 0 unspecified atom stereocenters. The van der Waals surface area contributed by atoms with Crippen LogP contribution in [0, 0.1) is 0 Å². The lowest BCUT2D eigenvalue weighted by molar-refractivity contribution is 0.0525. The van der Waals surface area contributed by atoms with Crippen molar-refractivity contribution in [3.05, 3.63) is 35.3 Å². The van der Waals surface area contributed by atoms with Crippen molar-refractivity contribution in [2.45, 2.75) is 19.8 Å². The fourth-order valence-corrected chi connectivity index (χ4v) is 2.43. The lowest BCUT2D eigenvalue weighted by Crippen LogP contribution is -2.17. The highest BCUT2D eigenvalue weighted by Gasteiger charge is 2.24. The number of rotatable bonds is 3. The number of aryl methyl sites for hydroxylation is 1. The maximum Gasteiger partial charge on any atom is 0.339 e. The summed E-state index contributed by atoms with van der Waals surface area (Å²) in [4.78, 5) is 20.4. The molecule has 0 aromatic carbocycles. The average Bonchev–Trinajstić information content (AvgIpc) is 2.91. The monoisotopic (exact) mass is 273 g/mol. The van der Waals surface area contributed by atoms with E-state index in [4.69, 9.17) is 9.47 Å². The van der Waals surface area contributed by atoms with Crippen LogP contribution in [0.3, 0.4) is 0 Å². The molecule has 0 fully saturated rings. The van der Waals surface area contributed by atoms with Gasteiger partial charge >= 0.3 is 12.0 Å². The van der Waals surface area contributed by atoms with Crippen molar-refractivity contribution in [3.63, 3.8) is 0 Å². The zero-order valence-electron chi connectivity index (χ0n) is 11.4. The Morgan fingerprint density at radius 3 is 3.05 bits per heavy atom. The first-order chi connectivity index (χ1) is 9.74. The molecule has 0 atom stereocenters. The molecule has 0 N–H and O–H groups in total. The maximum absolute atomic E-state index is 11.9. The van der Waals surface area contributed by atoms with Gasteiger partial charge in [0.2, 0.25) is 0 Å². The van der Waals surface area contributed by atoms with Gasteiger partial charge in [-0.25, -0.2) is 9.78 Å². The highest BCUT2D eigenvalue weighted by Crippen LogP contribution is 2.27.